The van der Waals surface area contributed by atoms with Crippen molar-refractivity contribution in [3.05, 3.63) is 60.2 Å². The van der Waals surface area contributed by atoms with E-state index in [-0.39, 0.29) is 5.41 Å². The molecule has 2 heterocycles. The molecule has 4 atom stereocenters. The van der Waals surface area contributed by atoms with E-state index in [9.17, 15) is 0 Å². The number of hydrogen-bond acceptors (Lipinski definition) is 5. The largest absolute Gasteiger partial charge is 0.315 e. The second-order valence-corrected chi connectivity index (χ2v) is 9.55. The van der Waals surface area contributed by atoms with Crippen LogP contribution in [0, 0.1) is 11.3 Å². The second kappa shape index (κ2) is 8.94. The summed E-state index contributed by atoms with van der Waals surface area (Å²) in [5.41, 5.74) is 17.9. The van der Waals surface area contributed by atoms with Gasteiger partial charge in [-0.15, -0.1) is 0 Å². The molecule has 0 aliphatic carbocycles. The molecule has 156 valence electrons. The number of hydrazine groups is 2. The molecule has 0 radical (unpaired) electrons. The van der Waals surface area contributed by atoms with Crippen molar-refractivity contribution in [2.45, 2.75) is 45.3 Å². The molecule has 5 heteroatoms. The molecule has 2 fully saturated rings. The zero-order valence-corrected chi connectivity index (χ0v) is 17.8. The lowest BCUT2D eigenvalue weighted by molar-refractivity contribution is 0.285. The van der Waals surface area contributed by atoms with Crippen LogP contribution < -0.4 is 27.0 Å². The van der Waals surface area contributed by atoms with Crippen molar-refractivity contribution in [3.8, 4) is 11.1 Å². The van der Waals surface area contributed by atoms with Crippen molar-refractivity contribution in [2.24, 2.45) is 11.3 Å². The number of nitrogens with one attached hydrogen (secondary N) is 5. The van der Waals surface area contributed by atoms with Crippen LogP contribution in [0.2, 0.25) is 0 Å². The van der Waals surface area contributed by atoms with Gasteiger partial charge in [0.25, 0.3) is 0 Å². The first-order valence-corrected chi connectivity index (χ1v) is 10.9. The smallest absolute Gasteiger partial charge is 0.0515 e. The van der Waals surface area contributed by atoms with Crippen molar-refractivity contribution in [3.63, 3.8) is 0 Å². The van der Waals surface area contributed by atoms with E-state index in [1.54, 1.807) is 0 Å². The highest BCUT2D eigenvalue weighted by Crippen LogP contribution is 2.28. The van der Waals surface area contributed by atoms with Crippen LogP contribution in [0.1, 0.15) is 38.8 Å². The Morgan fingerprint density at radius 3 is 2.28 bits per heavy atom. The normalized spacial score (nSPS) is 27.4. The summed E-state index contributed by atoms with van der Waals surface area (Å²) in [7, 11) is 0. The van der Waals surface area contributed by atoms with E-state index in [1.165, 1.54) is 23.1 Å². The van der Waals surface area contributed by atoms with E-state index in [0.717, 1.165) is 19.6 Å². The summed E-state index contributed by atoms with van der Waals surface area (Å²) in [5, 5.41) is 3.70. The van der Waals surface area contributed by atoms with Crippen LogP contribution in [0.5, 0.6) is 0 Å². The Labute approximate surface area is 175 Å². The lowest BCUT2D eigenvalue weighted by atomic mass is 9.84. The molecule has 2 aliphatic heterocycles. The Bertz CT molecular complexity index is 768. The fourth-order valence-electron chi connectivity index (χ4n) is 4.36. The predicted octanol–water partition coefficient (Wildman–Crippen LogP) is 2.99. The molecule has 5 N–H and O–H groups in total. The molecular formula is C24H35N5. The molecule has 2 aromatic rings. The molecule has 4 rings (SSSR count). The van der Waals surface area contributed by atoms with Gasteiger partial charge in [-0.25, -0.2) is 5.43 Å². The Balaban J connectivity index is 1.29. The van der Waals surface area contributed by atoms with Gasteiger partial charge in [-0.3, -0.25) is 16.3 Å². The highest BCUT2D eigenvalue weighted by Gasteiger charge is 2.33. The van der Waals surface area contributed by atoms with Crippen LogP contribution in [0.15, 0.2) is 54.6 Å². The molecule has 0 amide bonds. The van der Waals surface area contributed by atoms with Gasteiger partial charge in [0.15, 0.2) is 0 Å². The van der Waals surface area contributed by atoms with Crippen molar-refractivity contribution >= 4 is 0 Å². The summed E-state index contributed by atoms with van der Waals surface area (Å²) in [5.74, 6) is 0.533. The lowest BCUT2D eigenvalue weighted by Gasteiger charge is -2.26. The van der Waals surface area contributed by atoms with Gasteiger partial charge in [0.05, 0.1) is 6.04 Å². The average molecular weight is 394 g/mol. The van der Waals surface area contributed by atoms with Gasteiger partial charge in [0.1, 0.15) is 0 Å². The van der Waals surface area contributed by atoms with Gasteiger partial charge in [0, 0.05) is 37.6 Å². The molecule has 0 aromatic heterocycles. The first-order chi connectivity index (χ1) is 14.0. The van der Waals surface area contributed by atoms with Crippen molar-refractivity contribution in [2.75, 3.05) is 19.6 Å². The summed E-state index contributed by atoms with van der Waals surface area (Å²) in [6, 6.07) is 20.9. The average Bonchev–Trinajstić information content (AvgIpc) is 3.38. The van der Waals surface area contributed by atoms with E-state index >= 15 is 0 Å². The number of hydrogen-bond donors (Lipinski definition) is 5. The first kappa shape index (κ1) is 20.5. The maximum absolute atomic E-state index is 3.70. The molecule has 2 aliphatic rings. The van der Waals surface area contributed by atoms with E-state index in [4.69, 9.17) is 0 Å². The lowest BCUT2D eigenvalue weighted by Crippen LogP contribution is -2.42. The number of benzene rings is 2. The summed E-state index contributed by atoms with van der Waals surface area (Å²) >= 11 is 0. The third-order valence-electron chi connectivity index (χ3n) is 6.29. The van der Waals surface area contributed by atoms with Crippen LogP contribution >= 0.6 is 0 Å². The Kier molecular flexibility index (Phi) is 6.32. The SMILES string of the molecule is CC(C)(C)C1CC(CNCC2CNNC2c2ccc(-c3ccccc3)cc2)NN1. The zero-order valence-electron chi connectivity index (χ0n) is 17.8. The van der Waals surface area contributed by atoms with Gasteiger partial charge in [0.2, 0.25) is 0 Å². The molecule has 2 aromatic carbocycles. The van der Waals surface area contributed by atoms with Gasteiger partial charge in [-0.2, -0.15) is 0 Å². The molecule has 0 saturated carbocycles. The fourth-order valence-corrected chi connectivity index (χ4v) is 4.36. The highest BCUT2D eigenvalue weighted by atomic mass is 15.4. The van der Waals surface area contributed by atoms with Crippen molar-refractivity contribution in [1.29, 1.82) is 0 Å². The second-order valence-electron chi connectivity index (χ2n) is 9.55. The van der Waals surface area contributed by atoms with Gasteiger partial charge in [-0.1, -0.05) is 75.4 Å². The van der Waals surface area contributed by atoms with Crippen molar-refractivity contribution in [1.82, 2.24) is 27.0 Å². The molecule has 2 saturated heterocycles. The summed E-state index contributed by atoms with van der Waals surface area (Å²) < 4.78 is 0. The fraction of sp³-hybridized carbons (Fsp3) is 0.500. The molecule has 0 bridgehead atoms. The maximum atomic E-state index is 3.70. The van der Waals surface area contributed by atoms with Crippen LogP contribution in [0.25, 0.3) is 11.1 Å². The van der Waals surface area contributed by atoms with Gasteiger partial charge in [-0.05, 0) is 28.5 Å². The maximum Gasteiger partial charge on any atom is 0.0515 e. The minimum absolute atomic E-state index is 0.290. The monoisotopic (exact) mass is 393 g/mol. The third-order valence-corrected chi connectivity index (χ3v) is 6.29. The summed E-state index contributed by atoms with van der Waals surface area (Å²) in [6.07, 6.45) is 1.17. The zero-order chi connectivity index (χ0) is 20.3. The summed E-state index contributed by atoms with van der Waals surface area (Å²) in [4.78, 5) is 0. The topological polar surface area (TPSA) is 60.1 Å². The van der Waals surface area contributed by atoms with Crippen LogP contribution in [-0.4, -0.2) is 31.7 Å². The molecule has 29 heavy (non-hydrogen) atoms. The van der Waals surface area contributed by atoms with E-state index in [2.05, 4.69) is 102 Å². The van der Waals surface area contributed by atoms with E-state index in [0.29, 0.717) is 24.0 Å². The molecule has 0 spiro atoms. The standard InChI is InChI=1S/C24H35N5/c1-24(2,3)22-13-21(27-28-22)16-25-14-20-15-26-29-23(20)19-11-9-18(10-12-19)17-7-5-4-6-8-17/h4-12,20-23,25-29H,13-16H2,1-3H3. The van der Waals surface area contributed by atoms with E-state index in [1.807, 2.05) is 0 Å². The van der Waals surface area contributed by atoms with Gasteiger partial charge >= 0.3 is 0 Å². The van der Waals surface area contributed by atoms with Crippen LogP contribution in [0.3, 0.4) is 0 Å². The molecular weight excluding hydrogens is 358 g/mol. The Hall–Kier alpha value is -1.76. The van der Waals surface area contributed by atoms with Crippen LogP contribution in [-0.2, 0) is 0 Å². The van der Waals surface area contributed by atoms with E-state index < -0.39 is 0 Å². The first-order valence-electron chi connectivity index (χ1n) is 10.9. The van der Waals surface area contributed by atoms with Crippen molar-refractivity contribution < 1.29 is 0 Å². The third kappa shape index (κ3) is 5.05. The number of rotatable bonds is 6. The predicted molar refractivity (Wildman–Crippen MR) is 120 cm³/mol. The molecule has 5 nitrogen and oxygen atoms in total. The van der Waals surface area contributed by atoms with Crippen LogP contribution in [0.4, 0.5) is 0 Å². The molecule has 4 unspecified atom stereocenters. The van der Waals surface area contributed by atoms with Gasteiger partial charge < -0.3 is 5.32 Å². The highest BCUT2D eigenvalue weighted by molar-refractivity contribution is 5.63. The minimum atomic E-state index is 0.290. The quantitative estimate of drug-likeness (QED) is 0.522. The Morgan fingerprint density at radius 2 is 1.59 bits per heavy atom. The summed E-state index contributed by atoms with van der Waals surface area (Å²) in [6.45, 7) is 9.88. The minimum Gasteiger partial charge on any atom is -0.315 e. The Morgan fingerprint density at radius 1 is 0.862 bits per heavy atom.